The third kappa shape index (κ3) is 7.78. The smallest absolute Gasteiger partial charge is 0.240 e. The summed E-state index contributed by atoms with van der Waals surface area (Å²) in [6, 6.07) is 0. The summed E-state index contributed by atoms with van der Waals surface area (Å²) in [7, 11) is 0. The highest BCUT2D eigenvalue weighted by atomic mass is 19.3. The third-order valence-corrected chi connectivity index (χ3v) is 0.743. The molecule has 4 heteroatoms. The van der Waals surface area contributed by atoms with Gasteiger partial charge in [0.05, 0.1) is 13.2 Å². The van der Waals surface area contributed by atoms with Crippen molar-refractivity contribution in [1.82, 2.24) is 0 Å². The van der Waals surface area contributed by atoms with Crippen molar-refractivity contribution in [3.63, 3.8) is 0 Å². The van der Waals surface area contributed by atoms with Crippen molar-refractivity contribution in [1.29, 1.82) is 0 Å². The number of hydrogen-bond acceptors (Lipinski definition) is 2. The number of hydrogen-bond donors (Lipinski definition) is 1. The molecule has 0 aliphatic rings. The van der Waals surface area contributed by atoms with Crippen LogP contribution in [0.5, 0.6) is 0 Å². The molecule has 0 radical (unpaired) electrons. The molecule has 0 fully saturated rings. The highest BCUT2D eigenvalue weighted by Crippen LogP contribution is 1.97. The fourth-order valence-corrected chi connectivity index (χ4v) is 0.358. The average molecular weight is 139 g/mol. The first-order valence-electron chi connectivity index (χ1n) is 2.83. The first kappa shape index (κ1) is 8.78. The highest BCUT2D eigenvalue weighted by Gasteiger charge is 1.99. The van der Waals surface area contributed by atoms with E-state index < -0.39 is 6.43 Å². The molecule has 56 valence electrons. The number of alkyl halides is 2. The molecule has 9 heavy (non-hydrogen) atoms. The molecule has 0 aliphatic carbocycles. The third-order valence-electron chi connectivity index (χ3n) is 0.743. The van der Waals surface area contributed by atoms with Crippen LogP contribution >= 0.6 is 0 Å². The predicted molar refractivity (Wildman–Crippen MR) is 30.5 cm³/mol. The molecule has 0 bridgehead atoms. The van der Waals surface area contributed by atoms with E-state index in [2.05, 4.69) is 4.74 Å². The van der Waals surface area contributed by atoms with E-state index in [9.17, 15) is 8.78 Å². The van der Waals surface area contributed by atoms with Crippen molar-refractivity contribution in [2.24, 2.45) is 5.73 Å². The minimum atomic E-state index is -2.26. The minimum Gasteiger partial charge on any atom is -0.380 e. The van der Waals surface area contributed by atoms with Crippen LogP contribution in [0.3, 0.4) is 0 Å². The summed E-state index contributed by atoms with van der Waals surface area (Å²) in [5, 5.41) is 0. The zero-order chi connectivity index (χ0) is 7.11. The van der Waals surface area contributed by atoms with E-state index in [0.29, 0.717) is 13.2 Å². The topological polar surface area (TPSA) is 35.2 Å². The van der Waals surface area contributed by atoms with Gasteiger partial charge in [-0.05, 0) is 0 Å². The van der Waals surface area contributed by atoms with Gasteiger partial charge in [-0.1, -0.05) is 0 Å². The second kappa shape index (κ2) is 5.91. The second-order valence-corrected chi connectivity index (χ2v) is 1.58. The summed E-state index contributed by atoms with van der Waals surface area (Å²) >= 11 is 0. The van der Waals surface area contributed by atoms with Crippen LogP contribution < -0.4 is 5.73 Å². The van der Waals surface area contributed by atoms with Gasteiger partial charge in [0, 0.05) is 13.0 Å². The lowest BCUT2D eigenvalue weighted by atomic mass is 10.5. The van der Waals surface area contributed by atoms with Gasteiger partial charge in [-0.15, -0.1) is 0 Å². The van der Waals surface area contributed by atoms with Crippen LogP contribution in [0, 0.1) is 0 Å². The van der Waals surface area contributed by atoms with Gasteiger partial charge in [0.25, 0.3) is 0 Å². The van der Waals surface area contributed by atoms with E-state index in [0.717, 1.165) is 0 Å². The van der Waals surface area contributed by atoms with Crippen molar-refractivity contribution in [3.8, 4) is 0 Å². The normalized spacial score (nSPS) is 10.7. The summed E-state index contributed by atoms with van der Waals surface area (Å²) in [4.78, 5) is 0. The molecule has 0 rings (SSSR count). The Hall–Kier alpha value is -0.220. The summed E-state index contributed by atoms with van der Waals surface area (Å²) in [5.41, 5.74) is 5.03. The van der Waals surface area contributed by atoms with Crippen LogP contribution in [0.25, 0.3) is 0 Å². The van der Waals surface area contributed by atoms with Crippen LogP contribution in [0.1, 0.15) is 6.42 Å². The molecule has 0 saturated heterocycles. The fraction of sp³-hybridized carbons (Fsp3) is 1.00. The first-order chi connectivity index (χ1) is 4.27. The zero-order valence-corrected chi connectivity index (χ0v) is 5.15. The van der Waals surface area contributed by atoms with Crippen molar-refractivity contribution in [3.05, 3.63) is 0 Å². The van der Waals surface area contributed by atoms with Gasteiger partial charge in [0.1, 0.15) is 0 Å². The van der Waals surface area contributed by atoms with Crippen molar-refractivity contribution >= 4 is 0 Å². The number of nitrogens with two attached hydrogens (primary N) is 1. The van der Waals surface area contributed by atoms with Crippen LogP contribution in [-0.4, -0.2) is 26.2 Å². The van der Waals surface area contributed by atoms with Crippen LogP contribution in [-0.2, 0) is 4.74 Å². The van der Waals surface area contributed by atoms with Gasteiger partial charge in [-0.25, -0.2) is 8.78 Å². The fourth-order valence-electron chi connectivity index (χ4n) is 0.358. The molecule has 2 N–H and O–H groups in total. The van der Waals surface area contributed by atoms with Crippen LogP contribution in [0.4, 0.5) is 8.78 Å². The molecular formula is C5H11F2NO. The Morgan fingerprint density at radius 1 is 1.33 bits per heavy atom. The molecule has 0 amide bonds. The largest absolute Gasteiger partial charge is 0.380 e. The average Bonchev–Trinajstić information content (AvgIpc) is 1.80. The Balaban J connectivity index is 2.75. The van der Waals surface area contributed by atoms with Gasteiger partial charge in [-0.3, -0.25) is 0 Å². The molecule has 0 aromatic carbocycles. The van der Waals surface area contributed by atoms with E-state index >= 15 is 0 Å². The maximum atomic E-state index is 11.4. The SMILES string of the molecule is NCCOCCC(F)F. The van der Waals surface area contributed by atoms with Crippen molar-refractivity contribution < 1.29 is 13.5 Å². The van der Waals surface area contributed by atoms with E-state index in [1.165, 1.54) is 0 Å². The van der Waals surface area contributed by atoms with Gasteiger partial charge in [-0.2, -0.15) is 0 Å². The molecule has 2 nitrogen and oxygen atoms in total. The Morgan fingerprint density at radius 2 is 2.00 bits per heavy atom. The molecule has 0 aliphatic heterocycles. The monoisotopic (exact) mass is 139 g/mol. The Morgan fingerprint density at radius 3 is 2.44 bits per heavy atom. The summed E-state index contributed by atoms with van der Waals surface area (Å²) in [5.74, 6) is 0. The van der Waals surface area contributed by atoms with Gasteiger partial charge >= 0.3 is 0 Å². The van der Waals surface area contributed by atoms with Gasteiger partial charge in [0.15, 0.2) is 0 Å². The molecule has 0 saturated carbocycles. The molecule has 0 atom stereocenters. The molecule has 0 heterocycles. The van der Waals surface area contributed by atoms with Crippen LogP contribution in [0.15, 0.2) is 0 Å². The Kier molecular flexibility index (Phi) is 5.76. The van der Waals surface area contributed by atoms with Crippen LogP contribution in [0.2, 0.25) is 0 Å². The highest BCUT2D eigenvalue weighted by molar-refractivity contribution is 4.38. The lowest BCUT2D eigenvalue weighted by molar-refractivity contribution is 0.0699. The van der Waals surface area contributed by atoms with Crippen molar-refractivity contribution in [2.45, 2.75) is 12.8 Å². The number of rotatable bonds is 5. The molecule has 0 spiro atoms. The van der Waals surface area contributed by atoms with E-state index in [-0.39, 0.29) is 13.0 Å². The summed E-state index contributed by atoms with van der Waals surface area (Å²) in [6.07, 6.45) is -2.46. The predicted octanol–water partition coefficient (Wildman–Crippen LogP) is 0.617. The Labute approximate surface area is 53.0 Å². The maximum absolute atomic E-state index is 11.4. The number of halogens is 2. The maximum Gasteiger partial charge on any atom is 0.240 e. The van der Waals surface area contributed by atoms with E-state index in [1.807, 2.05) is 0 Å². The lowest BCUT2D eigenvalue weighted by Crippen LogP contribution is -2.10. The summed E-state index contributed by atoms with van der Waals surface area (Å²) in [6.45, 7) is 0.866. The first-order valence-corrected chi connectivity index (χ1v) is 2.83. The quantitative estimate of drug-likeness (QED) is 0.566. The van der Waals surface area contributed by atoms with Crippen molar-refractivity contribution in [2.75, 3.05) is 19.8 Å². The van der Waals surface area contributed by atoms with E-state index in [1.54, 1.807) is 0 Å². The zero-order valence-electron chi connectivity index (χ0n) is 5.15. The molecular weight excluding hydrogens is 128 g/mol. The minimum absolute atomic E-state index is 0.106. The second-order valence-electron chi connectivity index (χ2n) is 1.58. The molecule has 0 aromatic rings. The molecule has 0 aromatic heterocycles. The van der Waals surface area contributed by atoms with Gasteiger partial charge < -0.3 is 10.5 Å². The summed E-state index contributed by atoms with van der Waals surface area (Å²) < 4.78 is 27.4. The van der Waals surface area contributed by atoms with Gasteiger partial charge in [0.2, 0.25) is 6.43 Å². The standard InChI is InChI=1S/C5H11F2NO/c6-5(7)1-3-9-4-2-8/h5H,1-4,8H2. The number of ether oxygens (including phenoxy) is 1. The lowest BCUT2D eigenvalue weighted by Gasteiger charge is -1.99. The van der Waals surface area contributed by atoms with E-state index in [4.69, 9.17) is 5.73 Å². The Bertz CT molecular complexity index is 60.9. The molecule has 0 unspecified atom stereocenters.